The molecule has 3 nitrogen and oxygen atoms in total. The average Bonchev–Trinajstić information content (AvgIpc) is 2.58. The molecule has 2 N–H and O–H groups in total. The minimum absolute atomic E-state index is 0.729. The average molecular weight is 234 g/mol. The number of oxazole rings is 1. The minimum atomic E-state index is 0.729. The van der Waals surface area contributed by atoms with Gasteiger partial charge in [0.15, 0.2) is 0 Å². The van der Waals surface area contributed by atoms with Crippen LogP contribution in [0.25, 0.3) is 0 Å². The first-order valence-electron chi connectivity index (χ1n) is 5.06. The molecule has 0 unspecified atom stereocenters. The second-order valence-electron chi connectivity index (χ2n) is 3.65. The molecular weight excluding hydrogens is 220 g/mol. The molecule has 0 fully saturated rings. The summed E-state index contributed by atoms with van der Waals surface area (Å²) in [5.41, 5.74) is 8.58. The Morgan fingerprint density at radius 3 is 2.50 bits per heavy atom. The highest BCUT2D eigenvalue weighted by atomic mass is 32.2. The number of anilines is 1. The van der Waals surface area contributed by atoms with E-state index in [4.69, 9.17) is 10.2 Å². The van der Waals surface area contributed by atoms with Crippen LogP contribution in [0.2, 0.25) is 0 Å². The molecule has 1 aromatic carbocycles. The van der Waals surface area contributed by atoms with Gasteiger partial charge in [-0.25, -0.2) is 4.98 Å². The molecule has 0 aliphatic carbocycles. The Hall–Kier alpha value is -1.42. The summed E-state index contributed by atoms with van der Waals surface area (Å²) in [4.78, 5) is 4.31. The van der Waals surface area contributed by atoms with Gasteiger partial charge in [-0.2, -0.15) is 0 Å². The lowest BCUT2D eigenvalue weighted by Gasteiger charge is -1.98. The largest absolute Gasteiger partial charge is 0.437 e. The second kappa shape index (κ2) is 4.61. The molecular formula is C12H14N2OS. The van der Waals surface area contributed by atoms with E-state index in [1.165, 1.54) is 5.56 Å². The van der Waals surface area contributed by atoms with Gasteiger partial charge in [0.05, 0.1) is 5.69 Å². The zero-order valence-electron chi connectivity index (χ0n) is 9.36. The fourth-order valence-electron chi connectivity index (χ4n) is 1.26. The van der Waals surface area contributed by atoms with Crippen LogP contribution >= 0.6 is 11.8 Å². The third-order valence-electron chi connectivity index (χ3n) is 2.35. The molecule has 1 heterocycles. The van der Waals surface area contributed by atoms with Crippen LogP contribution in [0.5, 0.6) is 0 Å². The second-order valence-corrected chi connectivity index (χ2v) is 4.58. The van der Waals surface area contributed by atoms with E-state index in [-0.39, 0.29) is 0 Å². The molecule has 1 aromatic heterocycles. The number of aryl methyl sites for hydroxylation is 2. The lowest BCUT2D eigenvalue weighted by Crippen LogP contribution is -1.85. The predicted octanol–water partition coefficient (Wildman–Crippen LogP) is 3.17. The molecule has 4 heteroatoms. The Labute approximate surface area is 99.1 Å². The van der Waals surface area contributed by atoms with Gasteiger partial charge in [-0.05, 0) is 31.5 Å². The van der Waals surface area contributed by atoms with Crippen LogP contribution in [-0.2, 0) is 5.75 Å². The summed E-state index contributed by atoms with van der Waals surface area (Å²) in [6.07, 6.45) is 0. The monoisotopic (exact) mass is 234 g/mol. The highest BCUT2D eigenvalue weighted by Gasteiger charge is 2.05. The van der Waals surface area contributed by atoms with E-state index in [1.807, 2.05) is 38.1 Å². The molecule has 2 aromatic rings. The topological polar surface area (TPSA) is 52.0 Å². The van der Waals surface area contributed by atoms with Crippen LogP contribution in [0, 0.1) is 13.8 Å². The lowest BCUT2D eigenvalue weighted by molar-refractivity contribution is 0.431. The third-order valence-corrected chi connectivity index (χ3v) is 3.25. The Morgan fingerprint density at radius 2 is 1.94 bits per heavy atom. The number of nitrogens with two attached hydrogens (primary N) is 1. The van der Waals surface area contributed by atoms with Crippen molar-refractivity contribution in [1.29, 1.82) is 0 Å². The van der Waals surface area contributed by atoms with E-state index >= 15 is 0 Å². The van der Waals surface area contributed by atoms with Gasteiger partial charge in [0.2, 0.25) is 0 Å². The van der Waals surface area contributed by atoms with Crippen LogP contribution in [0.3, 0.4) is 0 Å². The normalized spacial score (nSPS) is 10.6. The van der Waals surface area contributed by atoms with Crippen molar-refractivity contribution in [1.82, 2.24) is 4.98 Å². The quantitative estimate of drug-likeness (QED) is 0.654. The summed E-state index contributed by atoms with van der Waals surface area (Å²) >= 11 is 1.60. The Morgan fingerprint density at radius 1 is 1.25 bits per heavy atom. The molecule has 16 heavy (non-hydrogen) atoms. The standard InChI is InChI=1S/C12H14N2OS/c1-8-9(2)15-12(14-8)16-7-10-3-5-11(13)6-4-10/h3-6H,7,13H2,1-2H3. The van der Waals surface area contributed by atoms with E-state index in [0.29, 0.717) is 0 Å². The van der Waals surface area contributed by atoms with Gasteiger partial charge in [-0.15, -0.1) is 0 Å². The fourth-order valence-corrected chi connectivity index (χ4v) is 2.13. The number of aromatic nitrogens is 1. The van der Waals surface area contributed by atoms with Gasteiger partial charge < -0.3 is 10.2 Å². The molecule has 0 aliphatic rings. The lowest BCUT2D eigenvalue weighted by atomic mass is 10.2. The van der Waals surface area contributed by atoms with Crippen molar-refractivity contribution in [2.24, 2.45) is 0 Å². The first-order chi connectivity index (χ1) is 7.65. The summed E-state index contributed by atoms with van der Waals surface area (Å²) < 4.78 is 5.49. The maximum absolute atomic E-state index is 5.62. The molecule has 0 saturated carbocycles. The van der Waals surface area contributed by atoms with Crippen molar-refractivity contribution in [2.45, 2.75) is 24.8 Å². The molecule has 84 valence electrons. The van der Waals surface area contributed by atoms with Crippen molar-refractivity contribution in [3.05, 3.63) is 41.3 Å². The zero-order chi connectivity index (χ0) is 11.5. The van der Waals surface area contributed by atoms with Crippen molar-refractivity contribution >= 4 is 17.4 Å². The van der Waals surface area contributed by atoms with Crippen molar-refractivity contribution in [3.63, 3.8) is 0 Å². The van der Waals surface area contributed by atoms with Gasteiger partial charge in [0.1, 0.15) is 5.76 Å². The smallest absolute Gasteiger partial charge is 0.256 e. The third kappa shape index (κ3) is 2.58. The summed E-state index contributed by atoms with van der Waals surface area (Å²) in [7, 11) is 0. The summed E-state index contributed by atoms with van der Waals surface area (Å²) in [6.45, 7) is 3.88. The molecule has 0 atom stereocenters. The summed E-state index contributed by atoms with van der Waals surface area (Å²) in [5, 5.41) is 0.729. The van der Waals surface area contributed by atoms with Crippen LogP contribution in [0.4, 0.5) is 5.69 Å². The van der Waals surface area contributed by atoms with Crippen molar-refractivity contribution in [3.8, 4) is 0 Å². The molecule has 0 radical (unpaired) electrons. The van der Waals surface area contributed by atoms with Crippen LogP contribution in [0.1, 0.15) is 17.0 Å². The molecule has 0 saturated heterocycles. The number of benzene rings is 1. The fraction of sp³-hybridized carbons (Fsp3) is 0.250. The molecule has 2 rings (SSSR count). The number of nitrogen functional groups attached to an aromatic ring is 1. The number of nitrogens with zero attached hydrogens (tertiary/aromatic N) is 1. The van der Waals surface area contributed by atoms with Crippen LogP contribution < -0.4 is 5.73 Å². The number of rotatable bonds is 3. The maximum Gasteiger partial charge on any atom is 0.256 e. The Bertz CT molecular complexity index is 457. The van der Waals surface area contributed by atoms with Gasteiger partial charge in [-0.3, -0.25) is 0 Å². The van der Waals surface area contributed by atoms with E-state index in [9.17, 15) is 0 Å². The van der Waals surface area contributed by atoms with Crippen LogP contribution in [-0.4, -0.2) is 4.98 Å². The first-order valence-corrected chi connectivity index (χ1v) is 6.05. The van der Waals surface area contributed by atoms with E-state index in [2.05, 4.69) is 4.98 Å². The van der Waals surface area contributed by atoms with Gasteiger partial charge in [-0.1, -0.05) is 23.9 Å². The SMILES string of the molecule is Cc1nc(SCc2ccc(N)cc2)oc1C. The molecule has 0 aliphatic heterocycles. The van der Waals surface area contributed by atoms with Gasteiger partial charge in [0.25, 0.3) is 5.22 Å². The minimum Gasteiger partial charge on any atom is -0.437 e. The molecule has 0 spiro atoms. The molecule has 0 amide bonds. The van der Waals surface area contributed by atoms with Gasteiger partial charge in [0, 0.05) is 11.4 Å². The predicted molar refractivity (Wildman–Crippen MR) is 66.4 cm³/mol. The molecule has 0 bridgehead atoms. The summed E-state index contributed by atoms with van der Waals surface area (Å²) in [5.74, 6) is 1.74. The van der Waals surface area contributed by atoms with E-state index in [1.54, 1.807) is 11.8 Å². The van der Waals surface area contributed by atoms with Crippen LogP contribution in [0.15, 0.2) is 33.9 Å². The number of thioether (sulfide) groups is 1. The van der Waals surface area contributed by atoms with Gasteiger partial charge >= 0.3 is 0 Å². The highest BCUT2D eigenvalue weighted by molar-refractivity contribution is 7.98. The maximum atomic E-state index is 5.62. The van der Waals surface area contributed by atoms with Crippen molar-refractivity contribution in [2.75, 3.05) is 5.73 Å². The number of hydrogen-bond acceptors (Lipinski definition) is 4. The number of hydrogen-bond donors (Lipinski definition) is 1. The first kappa shape index (κ1) is 11.1. The van der Waals surface area contributed by atoms with E-state index in [0.717, 1.165) is 28.1 Å². The highest BCUT2D eigenvalue weighted by Crippen LogP contribution is 2.24. The Kier molecular flexibility index (Phi) is 3.19. The summed E-state index contributed by atoms with van der Waals surface area (Å²) in [6, 6.07) is 7.85. The Balaban J connectivity index is 1.99. The van der Waals surface area contributed by atoms with E-state index < -0.39 is 0 Å². The van der Waals surface area contributed by atoms with Crippen molar-refractivity contribution < 1.29 is 4.42 Å². The zero-order valence-corrected chi connectivity index (χ0v) is 10.2.